The number of hydrogen-bond acceptors (Lipinski definition) is 5. The van der Waals surface area contributed by atoms with Crippen LogP contribution >= 0.6 is 0 Å². The second-order valence-corrected chi connectivity index (χ2v) is 6.51. The molecule has 1 amide bonds. The Hall–Kier alpha value is -3.54. The number of aryl methyl sites for hydroxylation is 1. The number of carbonyl (C=O) groups excluding carboxylic acids is 1. The van der Waals surface area contributed by atoms with Gasteiger partial charge in [-0.2, -0.15) is 0 Å². The molecule has 3 rings (SSSR count). The van der Waals surface area contributed by atoms with Crippen molar-refractivity contribution >= 4 is 23.0 Å². The lowest BCUT2D eigenvalue weighted by Crippen LogP contribution is -2.31. The Morgan fingerprint density at radius 1 is 1.07 bits per heavy atom. The summed E-state index contributed by atoms with van der Waals surface area (Å²) in [5.74, 6) is 1.22. The number of methoxy groups -OCH3 is 2. The zero-order chi connectivity index (χ0) is 20.8. The van der Waals surface area contributed by atoms with Crippen molar-refractivity contribution in [2.24, 2.45) is 0 Å². The first-order chi connectivity index (χ1) is 14.0. The minimum absolute atomic E-state index is 0.153. The number of amides is 1. The van der Waals surface area contributed by atoms with Crippen LogP contribution in [0.2, 0.25) is 0 Å². The van der Waals surface area contributed by atoms with Crippen molar-refractivity contribution < 1.29 is 14.3 Å². The Balaban J connectivity index is 1.88. The topological polar surface area (TPSA) is 63.7 Å². The van der Waals surface area contributed by atoms with E-state index in [4.69, 9.17) is 9.47 Å². The van der Waals surface area contributed by atoms with E-state index < -0.39 is 0 Å². The molecule has 0 atom stereocenters. The smallest absolute Gasteiger partial charge is 0.276 e. The van der Waals surface area contributed by atoms with Crippen LogP contribution in [-0.4, -0.2) is 31.7 Å². The van der Waals surface area contributed by atoms with E-state index in [2.05, 4.69) is 10.3 Å². The molecule has 0 bridgehead atoms. The van der Waals surface area contributed by atoms with Gasteiger partial charge in [0.05, 0.1) is 19.9 Å². The predicted molar refractivity (Wildman–Crippen MR) is 116 cm³/mol. The molecular weight excluding hydrogens is 366 g/mol. The maximum atomic E-state index is 13.1. The molecule has 1 aromatic heterocycles. The van der Waals surface area contributed by atoms with E-state index in [0.29, 0.717) is 23.7 Å². The van der Waals surface area contributed by atoms with Crippen LogP contribution in [0.15, 0.2) is 60.8 Å². The molecule has 0 saturated heterocycles. The fraction of sp³-hybridized carbons (Fsp3) is 0.217. The Morgan fingerprint density at radius 2 is 1.90 bits per heavy atom. The number of rotatable bonds is 7. The third-order valence-corrected chi connectivity index (χ3v) is 4.54. The molecule has 0 aliphatic carbocycles. The zero-order valence-electron chi connectivity index (χ0n) is 17.1. The van der Waals surface area contributed by atoms with Crippen molar-refractivity contribution in [3.63, 3.8) is 0 Å². The Morgan fingerprint density at radius 3 is 2.59 bits per heavy atom. The van der Waals surface area contributed by atoms with Gasteiger partial charge in [0.15, 0.2) is 0 Å². The first-order valence-electron chi connectivity index (χ1n) is 9.39. The van der Waals surface area contributed by atoms with Crippen molar-refractivity contribution in [1.82, 2.24) is 4.98 Å². The van der Waals surface area contributed by atoms with Gasteiger partial charge >= 0.3 is 0 Å². The highest BCUT2D eigenvalue weighted by Crippen LogP contribution is 2.31. The highest BCUT2D eigenvalue weighted by molar-refractivity contribution is 6.05. The van der Waals surface area contributed by atoms with E-state index in [0.717, 1.165) is 22.6 Å². The van der Waals surface area contributed by atoms with Gasteiger partial charge in [-0.15, -0.1) is 0 Å². The lowest BCUT2D eigenvalue weighted by atomic mass is 10.2. The Kier molecular flexibility index (Phi) is 6.34. The number of anilines is 3. The summed E-state index contributed by atoms with van der Waals surface area (Å²) < 4.78 is 10.7. The van der Waals surface area contributed by atoms with E-state index in [9.17, 15) is 4.79 Å². The first-order valence-corrected chi connectivity index (χ1v) is 9.39. The SMILES string of the molecule is CCN(C(=O)c1cc(Nc2cc(OC)ccc2OC)ccn1)c1cccc(C)c1. The number of ether oxygens (including phenoxy) is 2. The van der Waals surface area contributed by atoms with E-state index >= 15 is 0 Å². The molecule has 0 unspecified atom stereocenters. The first kappa shape index (κ1) is 20.2. The van der Waals surface area contributed by atoms with Crippen LogP contribution in [-0.2, 0) is 0 Å². The average molecular weight is 391 g/mol. The third-order valence-electron chi connectivity index (χ3n) is 4.54. The number of hydrogen-bond donors (Lipinski definition) is 1. The van der Waals surface area contributed by atoms with Crippen molar-refractivity contribution in [3.05, 3.63) is 72.1 Å². The molecule has 29 heavy (non-hydrogen) atoms. The lowest BCUT2D eigenvalue weighted by Gasteiger charge is -2.21. The molecular formula is C23H25N3O3. The van der Waals surface area contributed by atoms with Gasteiger partial charge in [-0.05, 0) is 55.8 Å². The normalized spacial score (nSPS) is 10.3. The summed E-state index contributed by atoms with van der Waals surface area (Å²) in [6.45, 7) is 4.50. The summed E-state index contributed by atoms with van der Waals surface area (Å²) in [5, 5.41) is 3.28. The van der Waals surface area contributed by atoms with E-state index in [1.54, 1.807) is 37.4 Å². The predicted octanol–water partition coefficient (Wildman–Crippen LogP) is 4.82. The summed E-state index contributed by atoms with van der Waals surface area (Å²) in [6, 6.07) is 16.9. The number of benzene rings is 2. The number of carbonyl (C=O) groups is 1. The van der Waals surface area contributed by atoms with Gasteiger partial charge in [0.2, 0.25) is 0 Å². The van der Waals surface area contributed by atoms with Crippen LogP contribution in [0.3, 0.4) is 0 Å². The monoisotopic (exact) mass is 391 g/mol. The molecule has 6 heteroatoms. The van der Waals surface area contributed by atoms with Crippen LogP contribution in [0.5, 0.6) is 11.5 Å². The minimum Gasteiger partial charge on any atom is -0.497 e. The minimum atomic E-state index is -0.153. The summed E-state index contributed by atoms with van der Waals surface area (Å²) in [7, 11) is 3.22. The highest BCUT2D eigenvalue weighted by Gasteiger charge is 2.18. The van der Waals surface area contributed by atoms with Crippen LogP contribution in [0.4, 0.5) is 17.1 Å². The standard InChI is InChI=1S/C23H25N3O3/c1-5-26(18-8-6-7-16(2)13-18)23(27)21-14-17(11-12-24-21)25-20-15-19(28-3)9-10-22(20)29-4/h6-15H,5H2,1-4H3,(H,24,25). The summed E-state index contributed by atoms with van der Waals surface area (Å²) in [5.41, 5.74) is 3.78. The molecule has 2 aromatic carbocycles. The van der Waals surface area contributed by atoms with E-state index in [1.807, 2.05) is 56.3 Å². The molecule has 6 nitrogen and oxygen atoms in total. The molecule has 0 saturated carbocycles. The molecule has 3 aromatic rings. The molecule has 1 heterocycles. The quantitative estimate of drug-likeness (QED) is 0.626. The second kappa shape index (κ2) is 9.10. The van der Waals surface area contributed by atoms with Crippen molar-refractivity contribution in [2.45, 2.75) is 13.8 Å². The van der Waals surface area contributed by atoms with Crippen molar-refractivity contribution in [2.75, 3.05) is 31.0 Å². The van der Waals surface area contributed by atoms with Crippen LogP contribution in [0, 0.1) is 6.92 Å². The number of pyridine rings is 1. The zero-order valence-corrected chi connectivity index (χ0v) is 17.1. The third kappa shape index (κ3) is 4.66. The Bertz CT molecular complexity index is 1000. The number of nitrogens with zero attached hydrogens (tertiary/aromatic N) is 2. The Labute approximate surface area is 171 Å². The van der Waals surface area contributed by atoms with Gasteiger partial charge < -0.3 is 19.7 Å². The summed E-state index contributed by atoms with van der Waals surface area (Å²) in [6.07, 6.45) is 1.62. The molecule has 0 spiro atoms. The fourth-order valence-electron chi connectivity index (χ4n) is 3.07. The van der Waals surface area contributed by atoms with E-state index in [-0.39, 0.29) is 5.91 Å². The van der Waals surface area contributed by atoms with Crippen molar-refractivity contribution in [1.29, 1.82) is 0 Å². The largest absolute Gasteiger partial charge is 0.497 e. The highest BCUT2D eigenvalue weighted by atomic mass is 16.5. The van der Waals surface area contributed by atoms with Crippen LogP contribution < -0.4 is 19.7 Å². The summed E-state index contributed by atoms with van der Waals surface area (Å²) >= 11 is 0. The van der Waals surface area contributed by atoms with E-state index in [1.165, 1.54) is 0 Å². The van der Waals surface area contributed by atoms with Gasteiger partial charge in [0, 0.05) is 30.2 Å². The molecule has 0 radical (unpaired) electrons. The van der Waals surface area contributed by atoms with Gasteiger partial charge in [0.1, 0.15) is 17.2 Å². The molecule has 1 N–H and O–H groups in total. The van der Waals surface area contributed by atoms with Gasteiger partial charge in [-0.3, -0.25) is 9.78 Å². The summed E-state index contributed by atoms with van der Waals surface area (Å²) in [4.78, 5) is 19.1. The molecule has 0 aliphatic rings. The molecule has 0 aliphatic heterocycles. The fourth-order valence-corrected chi connectivity index (χ4v) is 3.07. The second-order valence-electron chi connectivity index (χ2n) is 6.51. The molecule has 150 valence electrons. The maximum absolute atomic E-state index is 13.1. The maximum Gasteiger partial charge on any atom is 0.276 e. The lowest BCUT2D eigenvalue weighted by molar-refractivity contribution is 0.0983. The van der Waals surface area contributed by atoms with Gasteiger partial charge in [0.25, 0.3) is 5.91 Å². The average Bonchev–Trinajstić information content (AvgIpc) is 2.74. The number of nitrogens with one attached hydrogen (secondary N) is 1. The van der Waals surface area contributed by atoms with Gasteiger partial charge in [-0.25, -0.2) is 0 Å². The van der Waals surface area contributed by atoms with Crippen LogP contribution in [0.1, 0.15) is 23.0 Å². The number of aromatic nitrogens is 1. The molecule has 0 fully saturated rings. The van der Waals surface area contributed by atoms with Crippen molar-refractivity contribution in [3.8, 4) is 11.5 Å². The van der Waals surface area contributed by atoms with Crippen LogP contribution in [0.25, 0.3) is 0 Å². The van der Waals surface area contributed by atoms with Gasteiger partial charge in [-0.1, -0.05) is 12.1 Å².